The van der Waals surface area contributed by atoms with Gasteiger partial charge >= 0.3 is 0 Å². The van der Waals surface area contributed by atoms with Crippen molar-refractivity contribution >= 4 is 28.2 Å². The number of anilines is 3. The first-order chi connectivity index (χ1) is 11.2. The minimum atomic E-state index is 0.274. The van der Waals surface area contributed by atoms with E-state index in [0.29, 0.717) is 17.7 Å². The van der Waals surface area contributed by atoms with Crippen molar-refractivity contribution in [3.05, 3.63) is 23.7 Å². The van der Waals surface area contributed by atoms with Gasteiger partial charge in [0.05, 0.1) is 11.9 Å². The van der Waals surface area contributed by atoms with Gasteiger partial charge in [0.15, 0.2) is 11.5 Å². The summed E-state index contributed by atoms with van der Waals surface area (Å²) in [6, 6.07) is 4.32. The second-order valence-electron chi connectivity index (χ2n) is 4.86. The third kappa shape index (κ3) is 4.61. The van der Waals surface area contributed by atoms with Gasteiger partial charge in [-0.05, 0) is 37.5 Å². The van der Waals surface area contributed by atoms with E-state index in [2.05, 4.69) is 36.4 Å². The molecule has 1 fully saturated rings. The number of hydrogen-bond acceptors (Lipinski definition) is 8. The Hall–Kier alpha value is -2.24. The van der Waals surface area contributed by atoms with E-state index in [1.165, 1.54) is 11.5 Å². The molecule has 3 N–H and O–H groups in total. The molecule has 23 heavy (non-hydrogen) atoms. The number of nitrogens with one attached hydrogen (secondary N) is 3. The largest absolute Gasteiger partial charge is 0.365 e. The quantitative estimate of drug-likeness (QED) is 0.792. The topological polar surface area (TPSA) is 98.5 Å². The lowest BCUT2D eigenvalue weighted by atomic mass is 10.2. The van der Waals surface area contributed by atoms with Crippen LogP contribution in [0.2, 0.25) is 0 Å². The maximum Gasteiger partial charge on any atom is 0.183 e. The van der Waals surface area contributed by atoms with Crippen molar-refractivity contribution in [1.29, 1.82) is 5.26 Å². The Balaban J connectivity index is 0.000000924. The van der Waals surface area contributed by atoms with Gasteiger partial charge in [-0.15, -0.1) is 0 Å². The summed E-state index contributed by atoms with van der Waals surface area (Å²) in [6.07, 6.45) is 2.65. The zero-order valence-electron chi connectivity index (χ0n) is 13.6. The molecule has 1 aliphatic heterocycles. The van der Waals surface area contributed by atoms with E-state index in [1.54, 1.807) is 6.20 Å². The monoisotopic (exact) mass is 331 g/mol. The molecule has 2 aromatic rings. The molecule has 0 unspecified atom stereocenters. The molecule has 8 heteroatoms. The molecule has 0 spiro atoms. The molecule has 0 aliphatic carbocycles. The second-order valence-corrected chi connectivity index (χ2v) is 5.66. The SMILES string of the molecule is CC.Cc1cc(Nc2nc(N[C@H]3CCNC3)cnc2C#N)sn1. The zero-order chi connectivity index (χ0) is 16.7. The summed E-state index contributed by atoms with van der Waals surface area (Å²) in [5.74, 6) is 1.13. The highest BCUT2D eigenvalue weighted by molar-refractivity contribution is 7.10. The fourth-order valence-electron chi connectivity index (χ4n) is 2.15. The highest BCUT2D eigenvalue weighted by Crippen LogP contribution is 2.23. The van der Waals surface area contributed by atoms with Crippen molar-refractivity contribution in [3.63, 3.8) is 0 Å². The van der Waals surface area contributed by atoms with Crippen LogP contribution in [0.25, 0.3) is 0 Å². The number of rotatable bonds is 4. The molecule has 7 nitrogen and oxygen atoms in total. The Labute approximate surface area is 140 Å². The maximum absolute atomic E-state index is 9.14. The molecular formula is C15H21N7S. The molecule has 0 bridgehead atoms. The third-order valence-electron chi connectivity index (χ3n) is 3.16. The zero-order valence-corrected chi connectivity index (χ0v) is 14.4. The molecule has 1 aliphatic rings. The van der Waals surface area contributed by atoms with Gasteiger partial charge in [0.1, 0.15) is 16.9 Å². The van der Waals surface area contributed by atoms with Crippen molar-refractivity contribution < 1.29 is 0 Å². The van der Waals surface area contributed by atoms with Crippen LogP contribution >= 0.6 is 11.5 Å². The Morgan fingerprint density at radius 1 is 1.43 bits per heavy atom. The minimum Gasteiger partial charge on any atom is -0.365 e. The lowest BCUT2D eigenvalue weighted by Gasteiger charge is -2.13. The van der Waals surface area contributed by atoms with E-state index in [4.69, 9.17) is 5.26 Å². The molecule has 122 valence electrons. The van der Waals surface area contributed by atoms with Crippen molar-refractivity contribution in [2.45, 2.75) is 33.2 Å². The van der Waals surface area contributed by atoms with E-state index < -0.39 is 0 Å². The van der Waals surface area contributed by atoms with Crippen LogP contribution < -0.4 is 16.0 Å². The van der Waals surface area contributed by atoms with Crippen LogP contribution in [-0.4, -0.2) is 33.5 Å². The smallest absolute Gasteiger partial charge is 0.183 e. The Bertz CT molecular complexity index is 671. The second kappa shape index (κ2) is 8.41. The number of hydrogen-bond donors (Lipinski definition) is 3. The predicted octanol–water partition coefficient (Wildman–Crippen LogP) is 2.66. The van der Waals surface area contributed by atoms with Crippen LogP contribution in [0.5, 0.6) is 0 Å². The lowest BCUT2D eigenvalue weighted by Crippen LogP contribution is -2.23. The van der Waals surface area contributed by atoms with E-state index in [-0.39, 0.29) is 5.69 Å². The van der Waals surface area contributed by atoms with Crippen LogP contribution in [0, 0.1) is 18.3 Å². The summed E-state index contributed by atoms with van der Waals surface area (Å²) in [5.41, 5.74) is 1.21. The van der Waals surface area contributed by atoms with Gasteiger partial charge in [-0.25, -0.2) is 9.97 Å². The molecule has 0 amide bonds. The number of aryl methyl sites for hydroxylation is 1. The van der Waals surface area contributed by atoms with E-state index >= 15 is 0 Å². The highest BCUT2D eigenvalue weighted by Gasteiger charge is 2.16. The van der Waals surface area contributed by atoms with Crippen LogP contribution in [0.3, 0.4) is 0 Å². The fourth-order valence-corrected chi connectivity index (χ4v) is 2.81. The molecule has 2 aromatic heterocycles. The first-order valence-corrected chi connectivity index (χ1v) is 8.46. The first kappa shape index (κ1) is 17.1. The van der Waals surface area contributed by atoms with Gasteiger partial charge in [0.2, 0.25) is 0 Å². The summed E-state index contributed by atoms with van der Waals surface area (Å²) >= 11 is 1.33. The number of aromatic nitrogens is 3. The van der Waals surface area contributed by atoms with Gasteiger partial charge in [-0.3, -0.25) is 0 Å². The Morgan fingerprint density at radius 2 is 2.26 bits per heavy atom. The molecule has 1 saturated heterocycles. The first-order valence-electron chi connectivity index (χ1n) is 7.69. The molecule has 0 radical (unpaired) electrons. The summed E-state index contributed by atoms with van der Waals surface area (Å²) < 4.78 is 4.20. The van der Waals surface area contributed by atoms with Gasteiger partial charge in [0, 0.05) is 12.6 Å². The van der Waals surface area contributed by atoms with E-state index in [1.807, 2.05) is 26.8 Å². The van der Waals surface area contributed by atoms with Gasteiger partial charge in [-0.1, -0.05) is 13.8 Å². The average molecular weight is 331 g/mol. The number of nitrogens with zero attached hydrogens (tertiary/aromatic N) is 4. The molecular weight excluding hydrogens is 310 g/mol. The van der Waals surface area contributed by atoms with Crippen molar-refractivity contribution in [3.8, 4) is 6.07 Å². The fraction of sp³-hybridized carbons (Fsp3) is 0.467. The predicted molar refractivity (Wildman–Crippen MR) is 93.1 cm³/mol. The third-order valence-corrected chi connectivity index (χ3v) is 3.96. The normalized spacial score (nSPS) is 16.2. The summed E-state index contributed by atoms with van der Waals surface area (Å²) in [4.78, 5) is 8.61. The number of nitriles is 1. The van der Waals surface area contributed by atoms with E-state index in [0.717, 1.165) is 30.2 Å². The average Bonchev–Trinajstić information content (AvgIpc) is 3.22. The maximum atomic E-state index is 9.14. The Morgan fingerprint density at radius 3 is 2.87 bits per heavy atom. The van der Waals surface area contributed by atoms with Crippen LogP contribution in [-0.2, 0) is 0 Å². The van der Waals surface area contributed by atoms with Crippen LogP contribution in [0.15, 0.2) is 12.3 Å². The Kier molecular flexibility index (Phi) is 6.26. The molecule has 0 aromatic carbocycles. The summed E-state index contributed by atoms with van der Waals surface area (Å²) in [7, 11) is 0. The van der Waals surface area contributed by atoms with Gasteiger partial charge in [0.25, 0.3) is 0 Å². The molecule has 0 saturated carbocycles. The van der Waals surface area contributed by atoms with Crippen molar-refractivity contribution in [2.24, 2.45) is 0 Å². The summed E-state index contributed by atoms with van der Waals surface area (Å²) in [6.45, 7) is 7.84. The molecule has 3 heterocycles. The highest BCUT2D eigenvalue weighted by atomic mass is 32.1. The summed E-state index contributed by atoms with van der Waals surface area (Å²) in [5, 5.41) is 19.7. The molecule has 3 rings (SSSR count). The van der Waals surface area contributed by atoms with Crippen molar-refractivity contribution in [2.75, 3.05) is 23.7 Å². The van der Waals surface area contributed by atoms with Crippen molar-refractivity contribution in [1.82, 2.24) is 19.7 Å². The molecule has 1 atom stereocenters. The van der Waals surface area contributed by atoms with Gasteiger partial charge in [-0.2, -0.15) is 9.64 Å². The van der Waals surface area contributed by atoms with Gasteiger partial charge < -0.3 is 16.0 Å². The minimum absolute atomic E-state index is 0.274. The lowest BCUT2D eigenvalue weighted by molar-refractivity contribution is 0.786. The van der Waals surface area contributed by atoms with Crippen LogP contribution in [0.1, 0.15) is 31.7 Å². The van der Waals surface area contributed by atoms with Crippen LogP contribution in [0.4, 0.5) is 16.6 Å². The van der Waals surface area contributed by atoms with E-state index in [9.17, 15) is 0 Å². The standard InChI is InChI=1S/C13H15N7S.C2H6/c1-8-4-12(21-20-8)19-13-10(5-14)16-7-11(18-13)17-9-2-3-15-6-9;1-2/h4,7,9,15H,2-3,6H2,1H3,(H2,17,18,19);1-2H3/t9-;/m0./s1.